The van der Waals surface area contributed by atoms with Crippen molar-refractivity contribution in [2.75, 3.05) is 19.8 Å². The zero-order valence-electron chi connectivity index (χ0n) is 6.62. The van der Waals surface area contributed by atoms with Crippen molar-refractivity contribution in [3.05, 3.63) is 0 Å². The number of Topliss-reactive ketones (excluding diaryl/α,β-unsaturated/α-hetero) is 1. The summed E-state index contributed by atoms with van der Waals surface area (Å²) in [6.45, 7) is 1.36. The Morgan fingerprint density at radius 3 is 2.73 bits per heavy atom. The molecule has 0 aliphatic heterocycles. The minimum absolute atomic E-state index is 0.118. The summed E-state index contributed by atoms with van der Waals surface area (Å²) in [5.41, 5.74) is 0. The highest BCUT2D eigenvalue weighted by atomic mass is 16.5. The molecule has 0 spiro atoms. The highest BCUT2D eigenvalue weighted by Crippen LogP contribution is 1.90. The molecule has 1 unspecified atom stereocenters. The van der Waals surface area contributed by atoms with E-state index in [0.29, 0.717) is 6.42 Å². The Kier molecular flexibility index (Phi) is 6.02. The van der Waals surface area contributed by atoms with Gasteiger partial charge in [-0.1, -0.05) is 6.92 Å². The third-order valence-corrected chi connectivity index (χ3v) is 1.22. The average Bonchev–Trinajstić information content (AvgIpc) is 2.04. The number of aliphatic hydroxyl groups is 2. The molecule has 0 bridgehead atoms. The van der Waals surface area contributed by atoms with Gasteiger partial charge in [0.05, 0.1) is 12.7 Å². The van der Waals surface area contributed by atoms with Gasteiger partial charge in [-0.15, -0.1) is 0 Å². The van der Waals surface area contributed by atoms with Crippen molar-refractivity contribution in [3.8, 4) is 0 Å². The van der Waals surface area contributed by atoms with Crippen molar-refractivity contribution in [1.29, 1.82) is 0 Å². The number of ether oxygens (including phenoxy) is 1. The van der Waals surface area contributed by atoms with Crippen molar-refractivity contribution in [2.45, 2.75) is 19.4 Å². The Morgan fingerprint density at radius 2 is 2.27 bits per heavy atom. The smallest absolute Gasteiger partial charge is 0.183 e. The topological polar surface area (TPSA) is 66.8 Å². The van der Waals surface area contributed by atoms with Crippen LogP contribution in [0, 0.1) is 0 Å². The molecule has 66 valence electrons. The van der Waals surface area contributed by atoms with Gasteiger partial charge >= 0.3 is 0 Å². The number of ketones is 1. The van der Waals surface area contributed by atoms with Crippen LogP contribution in [0.1, 0.15) is 13.3 Å². The second-order valence-electron chi connectivity index (χ2n) is 2.27. The fraction of sp³-hybridized carbons (Fsp3) is 0.857. The molecule has 0 aromatic rings. The molecule has 1 atom stereocenters. The Balaban J connectivity index is 3.20. The Labute approximate surface area is 65.8 Å². The van der Waals surface area contributed by atoms with E-state index in [1.54, 1.807) is 0 Å². The summed E-state index contributed by atoms with van der Waals surface area (Å²) in [7, 11) is 0. The number of rotatable bonds is 6. The number of hydrogen-bond donors (Lipinski definition) is 2. The largest absolute Gasteiger partial charge is 0.391 e. The van der Waals surface area contributed by atoms with Gasteiger partial charge in [0, 0.05) is 0 Å². The maximum atomic E-state index is 10.4. The molecule has 4 nitrogen and oxygen atoms in total. The van der Waals surface area contributed by atoms with Crippen LogP contribution < -0.4 is 0 Å². The van der Waals surface area contributed by atoms with Gasteiger partial charge in [0.1, 0.15) is 13.2 Å². The van der Waals surface area contributed by atoms with Crippen molar-refractivity contribution in [1.82, 2.24) is 0 Å². The van der Waals surface area contributed by atoms with E-state index in [1.807, 2.05) is 6.92 Å². The summed E-state index contributed by atoms with van der Waals surface area (Å²) in [6.07, 6.45) is 0.0920. The van der Waals surface area contributed by atoms with E-state index in [9.17, 15) is 4.79 Å². The fourth-order valence-electron chi connectivity index (χ4n) is 0.472. The van der Waals surface area contributed by atoms with Gasteiger partial charge in [-0.3, -0.25) is 4.79 Å². The van der Waals surface area contributed by atoms with Crippen LogP contribution in [-0.2, 0) is 9.53 Å². The quantitative estimate of drug-likeness (QED) is 0.544. The first-order valence-corrected chi connectivity index (χ1v) is 3.59. The van der Waals surface area contributed by atoms with Gasteiger partial charge in [0.2, 0.25) is 0 Å². The molecule has 0 radical (unpaired) electrons. The molecule has 11 heavy (non-hydrogen) atoms. The van der Waals surface area contributed by atoms with E-state index < -0.39 is 12.7 Å². The summed E-state index contributed by atoms with van der Waals surface area (Å²) >= 11 is 0. The molecule has 0 fully saturated rings. The third-order valence-electron chi connectivity index (χ3n) is 1.22. The molecular weight excluding hydrogens is 148 g/mol. The lowest BCUT2D eigenvalue weighted by Crippen LogP contribution is -2.19. The van der Waals surface area contributed by atoms with E-state index in [1.165, 1.54) is 0 Å². The lowest BCUT2D eigenvalue weighted by molar-refractivity contribution is -0.127. The molecule has 4 heteroatoms. The number of carbonyl (C=O) groups excluding carboxylic acids is 1. The van der Waals surface area contributed by atoms with Crippen LogP contribution in [0.4, 0.5) is 0 Å². The van der Waals surface area contributed by atoms with Gasteiger partial charge in [-0.25, -0.2) is 0 Å². The standard InChI is InChI=1S/C7H14O4/c1-2-6(9)4-11-5-7(10)3-8/h6,8-9H,2-5H2,1H3. The third kappa shape index (κ3) is 5.97. The summed E-state index contributed by atoms with van der Waals surface area (Å²) in [5, 5.41) is 17.2. The summed E-state index contributed by atoms with van der Waals surface area (Å²) in [4.78, 5) is 10.4. The molecular formula is C7H14O4. The summed E-state index contributed by atoms with van der Waals surface area (Å²) in [6, 6.07) is 0. The van der Waals surface area contributed by atoms with Crippen LogP contribution in [0.5, 0.6) is 0 Å². The lowest BCUT2D eigenvalue weighted by Gasteiger charge is -2.06. The first kappa shape index (κ1) is 10.6. The monoisotopic (exact) mass is 162 g/mol. The molecule has 0 heterocycles. The van der Waals surface area contributed by atoms with E-state index in [-0.39, 0.29) is 19.0 Å². The molecule has 2 N–H and O–H groups in total. The molecule has 0 aliphatic rings. The van der Waals surface area contributed by atoms with Gasteiger partial charge < -0.3 is 14.9 Å². The van der Waals surface area contributed by atoms with Crippen molar-refractivity contribution < 1.29 is 19.7 Å². The van der Waals surface area contributed by atoms with E-state index in [0.717, 1.165) is 0 Å². The average molecular weight is 162 g/mol. The van der Waals surface area contributed by atoms with Gasteiger partial charge in [0.25, 0.3) is 0 Å². The molecule has 0 amide bonds. The fourth-order valence-corrected chi connectivity index (χ4v) is 0.472. The highest BCUT2D eigenvalue weighted by Gasteiger charge is 2.02. The maximum absolute atomic E-state index is 10.4. The predicted octanol–water partition coefficient (Wildman–Crippen LogP) is -0.665. The van der Waals surface area contributed by atoms with Crippen molar-refractivity contribution in [3.63, 3.8) is 0 Å². The Bertz CT molecular complexity index is 113. The second kappa shape index (κ2) is 6.27. The Hall–Kier alpha value is -0.450. The minimum atomic E-state index is -0.513. The minimum Gasteiger partial charge on any atom is -0.391 e. The number of hydrogen-bond acceptors (Lipinski definition) is 4. The van der Waals surface area contributed by atoms with Crippen LogP contribution in [0.15, 0.2) is 0 Å². The number of aliphatic hydroxyl groups excluding tert-OH is 2. The van der Waals surface area contributed by atoms with Crippen LogP contribution in [0.3, 0.4) is 0 Å². The van der Waals surface area contributed by atoms with E-state index >= 15 is 0 Å². The first-order chi connectivity index (χ1) is 5.20. The predicted molar refractivity (Wildman–Crippen MR) is 39.2 cm³/mol. The molecule has 0 saturated heterocycles. The zero-order chi connectivity index (χ0) is 8.69. The second-order valence-corrected chi connectivity index (χ2v) is 2.27. The van der Waals surface area contributed by atoms with Crippen molar-refractivity contribution >= 4 is 5.78 Å². The molecule has 0 rings (SSSR count). The normalized spacial score (nSPS) is 13.0. The van der Waals surface area contributed by atoms with Crippen LogP contribution >= 0.6 is 0 Å². The van der Waals surface area contributed by atoms with E-state index in [2.05, 4.69) is 0 Å². The molecule has 0 aromatic heterocycles. The highest BCUT2D eigenvalue weighted by molar-refractivity contribution is 5.80. The number of carbonyl (C=O) groups is 1. The van der Waals surface area contributed by atoms with Gasteiger partial charge in [-0.2, -0.15) is 0 Å². The maximum Gasteiger partial charge on any atom is 0.183 e. The SMILES string of the molecule is CCC(O)COCC(=O)CO. The Morgan fingerprint density at radius 1 is 1.64 bits per heavy atom. The van der Waals surface area contributed by atoms with Crippen molar-refractivity contribution in [2.24, 2.45) is 0 Å². The van der Waals surface area contributed by atoms with Gasteiger partial charge in [-0.05, 0) is 6.42 Å². The lowest BCUT2D eigenvalue weighted by atomic mass is 10.3. The van der Waals surface area contributed by atoms with Gasteiger partial charge in [0.15, 0.2) is 5.78 Å². The molecule has 0 aliphatic carbocycles. The van der Waals surface area contributed by atoms with Crippen LogP contribution in [0.25, 0.3) is 0 Å². The molecule has 0 aromatic carbocycles. The molecule has 0 saturated carbocycles. The van der Waals surface area contributed by atoms with Crippen LogP contribution in [-0.4, -0.2) is 41.9 Å². The first-order valence-electron chi connectivity index (χ1n) is 3.59. The zero-order valence-corrected chi connectivity index (χ0v) is 6.62. The van der Waals surface area contributed by atoms with E-state index in [4.69, 9.17) is 14.9 Å². The summed E-state index contributed by atoms with van der Waals surface area (Å²) < 4.78 is 4.78. The summed E-state index contributed by atoms with van der Waals surface area (Å²) in [5.74, 6) is -0.367. The van der Waals surface area contributed by atoms with Crippen LogP contribution in [0.2, 0.25) is 0 Å².